The molecule has 3 aromatic rings. The van der Waals surface area contributed by atoms with Crippen LogP contribution >= 0.6 is 0 Å². The van der Waals surface area contributed by atoms with Gasteiger partial charge in [-0.1, -0.05) is 11.2 Å². The van der Waals surface area contributed by atoms with Gasteiger partial charge in [-0.25, -0.2) is 0 Å². The lowest BCUT2D eigenvalue weighted by molar-refractivity contribution is 0.0946. The van der Waals surface area contributed by atoms with E-state index in [1.807, 2.05) is 12.1 Å². The Bertz CT molecular complexity index is 921. The van der Waals surface area contributed by atoms with Crippen molar-refractivity contribution in [1.29, 1.82) is 0 Å². The lowest BCUT2D eigenvalue weighted by atomic mass is 10.1. The Labute approximate surface area is 156 Å². The van der Waals surface area contributed by atoms with E-state index in [4.69, 9.17) is 18.7 Å². The molecule has 2 aromatic carbocycles. The first kappa shape index (κ1) is 18.2. The monoisotopic (exact) mass is 369 g/mol. The van der Waals surface area contributed by atoms with Crippen LogP contribution in [0.2, 0.25) is 0 Å². The van der Waals surface area contributed by atoms with E-state index in [9.17, 15) is 4.79 Å². The number of ether oxygens (including phenoxy) is 3. The minimum Gasteiger partial charge on any atom is -0.497 e. The first-order valence-electron chi connectivity index (χ1n) is 8.12. The van der Waals surface area contributed by atoms with E-state index in [-0.39, 0.29) is 12.5 Å². The van der Waals surface area contributed by atoms with Crippen LogP contribution in [0.1, 0.15) is 16.2 Å². The summed E-state index contributed by atoms with van der Waals surface area (Å²) in [6.07, 6.45) is 0. The van der Waals surface area contributed by atoms with Crippen molar-refractivity contribution in [2.24, 2.45) is 0 Å². The van der Waals surface area contributed by atoms with Crippen LogP contribution in [-0.4, -0.2) is 37.4 Å². The predicted molar refractivity (Wildman–Crippen MR) is 97.0 cm³/mol. The molecule has 1 amide bonds. The van der Waals surface area contributed by atoms with Gasteiger partial charge in [0.1, 0.15) is 5.75 Å². The molecule has 0 unspecified atom stereocenters. The van der Waals surface area contributed by atoms with Crippen molar-refractivity contribution in [1.82, 2.24) is 15.5 Å². The van der Waals surface area contributed by atoms with Gasteiger partial charge in [0.05, 0.1) is 33.4 Å². The van der Waals surface area contributed by atoms with Crippen molar-refractivity contribution in [3.05, 3.63) is 53.9 Å². The molecule has 1 aromatic heterocycles. The molecule has 0 bridgehead atoms. The SMILES string of the molecule is COc1ccc(-c2nc(CNC(=O)c3cccc(OC)c3OC)no2)cc1. The fraction of sp³-hybridized carbons (Fsp3) is 0.211. The van der Waals surface area contributed by atoms with Crippen LogP contribution in [0.25, 0.3) is 11.5 Å². The van der Waals surface area contributed by atoms with Crippen molar-refractivity contribution in [2.75, 3.05) is 21.3 Å². The zero-order chi connectivity index (χ0) is 19.2. The average Bonchev–Trinajstić information content (AvgIpc) is 3.20. The third-order valence-electron chi connectivity index (χ3n) is 3.86. The number of carbonyl (C=O) groups is 1. The molecule has 8 heteroatoms. The Balaban J connectivity index is 1.69. The van der Waals surface area contributed by atoms with Gasteiger partial charge in [-0.2, -0.15) is 4.98 Å². The van der Waals surface area contributed by atoms with Gasteiger partial charge in [-0.05, 0) is 36.4 Å². The molecule has 3 rings (SSSR count). The molecule has 1 N–H and O–H groups in total. The molecule has 8 nitrogen and oxygen atoms in total. The number of rotatable bonds is 7. The molecule has 0 aliphatic rings. The second-order valence-corrected chi connectivity index (χ2v) is 5.47. The van der Waals surface area contributed by atoms with Crippen LogP contribution < -0.4 is 19.5 Å². The van der Waals surface area contributed by atoms with Crippen LogP contribution in [0.3, 0.4) is 0 Å². The van der Waals surface area contributed by atoms with E-state index >= 15 is 0 Å². The quantitative estimate of drug-likeness (QED) is 0.684. The van der Waals surface area contributed by atoms with Crippen molar-refractivity contribution < 1.29 is 23.5 Å². The molecule has 0 radical (unpaired) electrons. The van der Waals surface area contributed by atoms with Gasteiger partial charge >= 0.3 is 0 Å². The minimum atomic E-state index is -0.332. The zero-order valence-electron chi connectivity index (χ0n) is 15.2. The summed E-state index contributed by atoms with van der Waals surface area (Å²) in [5.74, 6) is 1.97. The maximum Gasteiger partial charge on any atom is 0.257 e. The highest BCUT2D eigenvalue weighted by Crippen LogP contribution is 2.30. The number of methoxy groups -OCH3 is 3. The average molecular weight is 369 g/mol. The van der Waals surface area contributed by atoms with Crippen molar-refractivity contribution in [2.45, 2.75) is 6.54 Å². The third-order valence-corrected chi connectivity index (χ3v) is 3.86. The molecule has 0 atom stereocenters. The number of hydrogen-bond acceptors (Lipinski definition) is 7. The van der Waals surface area contributed by atoms with Crippen LogP contribution in [0.5, 0.6) is 17.2 Å². The molecule has 0 saturated carbocycles. The van der Waals surface area contributed by atoms with Crippen LogP contribution in [-0.2, 0) is 6.54 Å². The lowest BCUT2D eigenvalue weighted by Gasteiger charge is -2.11. The molecule has 0 saturated heterocycles. The molecule has 140 valence electrons. The number of hydrogen-bond donors (Lipinski definition) is 1. The Morgan fingerprint density at radius 2 is 1.81 bits per heavy atom. The predicted octanol–water partition coefficient (Wildman–Crippen LogP) is 2.69. The molecular weight excluding hydrogens is 350 g/mol. The van der Waals surface area contributed by atoms with Gasteiger partial charge in [0.15, 0.2) is 17.3 Å². The first-order valence-corrected chi connectivity index (χ1v) is 8.12. The molecule has 0 aliphatic carbocycles. The highest BCUT2D eigenvalue weighted by Gasteiger charge is 2.17. The van der Waals surface area contributed by atoms with E-state index in [0.29, 0.717) is 28.8 Å². The second kappa shape index (κ2) is 8.22. The minimum absolute atomic E-state index is 0.110. The normalized spacial score (nSPS) is 10.3. The number of nitrogens with zero attached hydrogens (tertiary/aromatic N) is 2. The number of amides is 1. The standard InChI is InChI=1S/C19H19N3O5/c1-24-13-9-7-12(8-10-13)19-21-16(22-27-19)11-20-18(23)14-5-4-6-15(25-2)17(14)26-3/h4-10H,11H2,1-3H3,(H,20,23). The fourth-order valence-corrected chi connectivity index (χ4v) is 2.50. The van der Waals surface area contributed by atoms with Gasteiger partial charge in [0.25, 0.3) is 11.8 Å². The van der Waals surface area contributed by atoms with Gasteiger partial charge < -0.3 is 24.1 Å². The molecule has 1 heterocycles. The summed E-state index contributed by atoms with van der Waals surface area (Å²) in [7, 11) is 4.59. The number of benzene rings is 2. The van der Waals surface area contributed by atoms with Gasteiger partial charge in [0.2, 0.25) is 0 Å². The summed E-state index contributed by atoms with van der Waals surface area (Å²) in [5, 5.41) is 6.63. The summed E-state index contributed by atoms with van der Waals surface area (Å²) < 4.78 is 20.8. The Morgan fingerprint density at radius 3 is 2.48 bits per heavy atom. The topological polar surface area (TPSA) is 95.7 Å². The van der Waals surface area contributed by atoms with Crippen molar-refractivity contribution >= 4 is 5.91 Å². The second-order valence-electron chi connectivity index (χ2n) is 5.47. The molecule has 27 heavy (non-hydrogen) atoms. The zero-order valence-corrected chi connectivity index (χ0v) is 15.2. The van der Waals surface area contributed by atoms with Crippen LogP contribution in [0.4, 0.5) is 0 Å². The maximum atomic E-state index is 12.5. The van der Waals surface area contributed by atoms with Gasteiger partial charge in [-0.15, -0.1) is 0 Å². The van der Waals surface area contributed by atoms with Crippen LogP contribution in [0.15, 0.2) is 47.0 Å². The summed E-state index contributed by atoms with van der Waals surface area (Å²) >= 11 is 0. The largest absolute Gasteiger partial charge is 0.497 e. The van der Waals surface area contributed by atoms with Crippen LogP contribution in [0, 0.1) is 0 Å². The molecule has 0 fully saturated rings. The number of para-hydroxylation sites is 1. The van der Waals surface area contributed by atoms with E-state index in [0.717, 1.165) is 11.3 Å². The molecule has 0 spiro atoms. The third kappa shape index (κ3) is 4.00. The number of aromatic nitrogens is 2. The molecular formula is C19H19N3O5. The Kier molecular flexibility index (Phi) is 5.55. The van der Waals surface area contributed by atoms with E-state index in [1.54, 1.807) is 37.4 Å². The highest BCUT2D eigenvalue weighted by molar-refractivity contribution is 5.97. The highest BCUT2D eigenvalue weighted by atomic mass is 16.5. The van der Waals surface area contributed by atoms with Gasteiger partial charge in [-0.3, -0.25) is 4.79 Å². The Morgan fingerprint density at radius 1 is 1.04 bits per heavy atom. The lowest BCUT2D eigenvalue weighted by Crippen LogP contribution is -2.24. The fourth-order valence-electron chi connectivity index (χ4n) is 2.50. The number of carbonyl (C=O) groups excluding carboxylic acids is 1. The summed E-state index contributed by atoms with van der Waals surface area (Å²) in [5.41, 5.74) is 1.12. The first-order chi connectivity index (χ1) is 13.2. The van der Waals surface area contributed by atoms with Crippen molar-refractivity contribution in [3.63, 3.8) is 0 Å². The smallest absolute Gasteiger partial charge is 0.257 e. The Hall–Kier alpha value is -3.55. The van der Waals surface area contributed by atoms with Crippen molar-refractivity contribution in [3.8, 4) is 28.7 Å². The summed E-state index contributed by atoms with van der Waals surface area (Å²) in [4.78, 5) is 16.8. The summed E-state index contributed by atoms with van der Waals surface area (Å²) in [6.45, 7) is 0.110. The summed E-state index contributed by atoms with van der Waals surface area (Å²) in [6, 6.07) is 12.3. The van der Waals surface area contributed by atoms with Gasteiger partial charge in [0, 0.05) is 5.56 Å². The van der Waals surface area contributed by atoms with E-state index < -0.39 is 0 Å². The molecule has 0 aliphatic heterocycles. The number of nitrogens with one attached hydrogen (secondary N) is 1. The van der Waals surface area contributed by atoms with E-state index in [1.165, 1.54) is 14.2 Å². The van der Waals surface area contributed by atoms with E-state index in [2.05, 4.69) is 15.5 Å². The maximum absolute atomic E-state index is 12.5.